The smallest absolute Gasteiger partial charge is 0.282 e. The highest BCUT2D eigenvalue weighted by atomic mass is 32.2. The van der Waals surface area contributed by atoms with Gasteiger partial charge in [0.15, 0.2) is 0 Å². The summed E-state index contributed by atoms with van der Waals surface area (Å²) < 4.78 is 101. The summed E-state index contributed by atoms with van der Waals surface area (Å²) >= 11 is 0. The van der Waals surface area contributed by atoms with Crippen molar-refractivity contribution in [1.29, 1.82) is 0 Å². The van der Waals surface area contributed by atoms with Crippen LogP contribution in [0.15, 0.2) is 81.4 Å². The van der Waals surface area contributed by atoms with Crippen molar-refractivity contribution in [3.8, 4) is 22.3 Å². The highest BCUT2D eigenvalue weighted by Gasteiger charge is 2.33. The molecule has 3 rings (SSSR count). The van der Waals surface area contributed by atoms with Gasteiger partial charge < -0.3 is 0 Å². The molecule has 9 nitrogen and oxygen atoms in total. The largest absolute Gasteiger partial charge is 0.296 e. The molecule has 0 aliphatic rings. The molecule has 0 aliphatic heterocycles. The minimum atomic E-state index is -5.39. The topological polar surface area (TPSA) is 163 Å². The maximum absolute atomic E-state index is 12.1. The predicted molar refractivity (Wildman–Crippen MR) is 107 cm³/mol. The summed E-state index contributed by atoms with van der Waals surface area (Å²) in [6.07, 6.45) is 0. The Labute approximate surface area is 172 Å². The fourth-order valence-corrected chi connectivity index (χ4v) is 5.83. The van der Waals surface area contributed by atoms with Crippen LogP contribution in [0.2, 0.25) is 0 Å². The van der Waals surface area contributed by atoms with Gasteiger partial charge in [0.05, 0.1) is 0 Å². The summed E-state index contributed by atoms with van der Waals surface area (Å²) in [6.45, 7) is 0. The molecule has 3 N–H and O–H groups in total. The van der Waals surface area contributed by atoms with Gasteiger partial charge in [0.1, 0.15) is 14.7 Å². The van der Waals surface area contributed by atoms with Gasteiger partial charge in [0.2, 0.25) is 0 Å². The second-order valence-electron chi connectivity index (χ2n) is 6.10. The summed E-state index contributed by atoms with van der Waals surface area (Å²) in [5, 5.41) is 0. The van der Waals surface area contributed by atoms with Crippen LogP contribution in [0.25, 0.3) is 22.3 Å². The van der Waals surface area contributed by atoms with Crippen LogP contribution in [0.4, 0.5) is 0 Å². The van der Waals surface area contributed by atoms with Gasteiger partial charge in [-0.3, -0.25) is 13.7 Å². The lowest BCUT2D eigenvalue weighted by Gasteiger charge is -2.17. The SMILES string of the molecule is O=S(=O)(O)c1ccc(S(=O)(=O)O)c(S(=O)(=O)O)c1-c1ccccc1-c1ccccc1. The molecule has 0 aliphatic carbocycles. The van der Waals surface area contributed by atoms with E-state index in [1.165, 1.54) is 18.2 Å². The van der Waals surface area contributed by atoms with Gasteiger partial charge in [-0.2, -0.15) is 25.3 Å². The highest BCUT2D eigenvalue weighted by molar-refractivity contribution is 7.89. The summed E-state index contributed by atoms with van der Waals surface area (Å²) in [5.41, 5.74) is -0.127. The minimum Gasteiger partial charge on any atom is -0.282 e. The van der Waals surface area contributed by atoms with Gasteiger partial charge in [-0.05, 0) is 28.8 Å². The summed E-state index contributed by atoms with van der Waals surface area (Å²) in [4.78, 5) is -3.58. The van der Waals surface area contributed by atoms with E-state index in [0.717, 1.165) is 0 Å². The molecule has 0 bridgehead atoms. The molecule has 0 atom stereocenters. The van der Waals surface area contributed by atoms with E-state index in [1.54, 1.807) is 36.4 Å². The Kier molecular flexibility index (Phi) is 5.58. The zero-order valence-electron chi connectivity index (χ0n) is 14.9. The zero-order chi connectivity index (χ0) is 22.3. The Bertz CT molecular complexity index is 1440. The van der Waals surface area contributed by atoms with Crippen molar-refractivity contribution >= 4 is 30.4 Å². The van der Waals surface area contributed by atoms with Crippen LogP contribution < -0.4 is 0 Å². The molecule has 0 fully saturated rings. The summed E-state index contributed by atoms with van der Waals surface area (Å²) in [6, 6.07) is 15.2. The van der Waals surface area contributed by atoms with Crippen LogP contribution in [0.3, 0.4) is 0 Å². The second-order valence-corrected chi connectivity index (χ2v) is 10.2. The van der Waals surface area contributed by atoms with Crippen LogP contribution in [0.1, 0.15) is 0 Å². The first-order valence-electron chi connectivity index (χ1n) is 8.06. The molecule has 12 heteroatoms. The number of hydrogen-bond acceptors (Lipinski definition) is 6. The molecule has 0 unspecified atom stereocenters. The Morgan fingerprint density at radius 3 is 1.47 bits per heavy atom. The third-order valence-electron chi connectivity index (χ3n) is 4.18. The molecule has 0 radical (unpaired) electrons. The number of hydrogen-bond donors (Lipinski definition) is 3. The first kappa shape index (κ1) is 22.1. The maximum atomic E-state index is 12.1. The van der Waals surface area contributed by atoms with Crippen molar-refractivity contribution in [3.05, 3.63) is 66.7 Å². The second kappa shape index (κ2) is 7.58. The normalized spacial score (nSPS) is 12.6. The van der Waals surface area contributed by atoms with Gasteiger partial charge >= 0.3 is 0 Å². The van der Waals surface area contributed by atoms with Gasteiger partial charge in [0, 0.05) is 5.56 Å². The van der Waals surface area contributed by atoms with Crippen molar-refractivity contribution in [2.45, 2.75) is 14.7 Å². The van der Waals surface area contributed by atoms with E-state index in [-0.39, 0.29) is 11.1 Å². The number of rotatable bonds is 5. The molecule has 3 aromatic rings. The molecule has 158 valence electrons. The van der Waals surface area contributed by atoms with E-state index in [9.17, 15) is 38.9 Å². The van der Waals surface area contributed by atoms with E-state index in [2.05, 4.69) is 0 Å². The molecule has 0 saturated heterocycles. The van der Waals surface area contributed by atoms with E-state index >= 15 is 0 Å². The van der Waals surface area contributed by atoms with Crippen LogP contribution in [-0.4, -0.2) is 38.9 Å². The fourth-order valence-electron chi connectivity index (χ4n) is 3.05. The molecular weight excluding hydrogens is 456 g/mol. The summed E-state index contributed by atoms with van der Waals surface area (Å²) in [5.74, 6) is 0. The quantitative estimate of drug-likeness (QED) is 0.476. The maximum Gasteiger partial charge on any atom is 0.296 e. The van der Waals surface area contributed by atoms with Crippen molar-refractivity contribution < 1.29 is 38.9 Å². The monoisotopic (exact) mass is 470 g/mol. The lowest BCUT2D eigenvalue weighted by molar-refractivity contribution is 0.465. The van der Waals surface area contributed by atoms with Crippen LogP contribution in [0.5, 0.6) is 0 Å². The first-order chi connectivity index (χ1) is 13.8. The van der Waals surface area contributed by atoms with Gasteiger partial charge in [-0.25, -0.2) is 0 Å². The predicted octanol–water partition coefficient (Wildman–Crippen LogP) is 2.76. The van der Waals surface area contributed by atoms with Gasteiger partial charge in [-0.15, -0.1) is 0 Å². The Balaban J connectivity index is 2.62. The molecule has 0 amide bonds. The van der Waals surface area contributed by atoms with E-state index in [1.807, 2.05) is 0 Å². The lowest BCUT2D eigenvalue weighted by Crippen LogP contribution is -2.14. The molecule has 0 spiro atoms. The molecule has 0 saturated carbocycles. The highest BCUT2D eigenvalue weighted by Crippen LogP contribution is 2.42. The van der Waals surface area contributed by atoms with E-state index in [4.69, 9.17) is 0 Å². The Hall–Kier alpha value is -2.61. The average Bonchev–Trinajstić information content (AvgIpc) is 2.65. The van der Waals surface area contributed by atoms with Crippen molar-refractivity contribution in [2.24, 2.45) is 0 Å². The molecule has 0 aromatic heterocycles. The Morgan fingerprint density at radius 1 is 0.500 bits per heavy atom. The molecule has 30 heavy (non-hydrogen) atoms. The first-order valence-corrected chi connectivity index (χ1v) is 12.4. The van der Waals surface area contributed by atoms with Crippen LogP contribution >= 0.6 is 0 Å². The van der Waals surface area contributed by atoms with Crippen LogP contribution in [-0.2, 0) is 30.4 Å². The molecular formula is C18H14O9S3. The lowest BCUT2D eigenvalue weighted by atomic mass is 9.94. The van der Waals surface area contributed by atoms with Gasteiger partial charge in [0.25, 0.3) is 30.4 Å². The van der Waals surface area contributed by atoms with E-state index < -0.39 is 50.6 Å². The average molecular weight is 471 g/mol. The van der Waals surface area contributed by atoms with Crippen LogP contribution in [0, 0.1) is 0 Å². The number of benzene rings is 3. The minimum absolute atomic E-state index is 0.116. The summed E-state index contributed by atoms with van der Waals surface area (Å²) in [7, 11) is -15.7. The Morgan fingerprint density at radius 2 is 0.967 bits per heavy atom. The fraction of sp³-hybridized carbons (Fsp3) is 0. The molecule has 0 heterocycles. The van der Waals surface area contributed by atoms with Crippen molar-refractivity contribution in [2.75, 3.05) is 0 Å². The van der Waals surface area contributed by atoms with Gasteiger partial charge in [-0.1, -0.05) is 54.6 Å². The van der Waals surface area contributed by atoms with E-state index in [0.29, 0.717) is 17.7 Å². The standard InChI is InChI=1S/C18H14O9S3/c19-28(20,21)15-10-11-16(29(22,23)24)18(30(25,26)27)17(15)14-9-5-4-8-13(14)12-6-2-1-3-7-12/h1-11H,(H,19,20,21)(H,22,23,24)(H,25,26,27). The third kappa shape index (κ3) is 4.28. The zero-order valence-corrected chi connectivity index (χ0v) is 17.3. The van der Waals surface area contributed by atoms with Crippen molar-refractivity contribution in [3.63, 3.8) is 0 Å². The van der Waals surface area contributed by atoms with Crippen molar-refractivity contribution in [1.82, 2.24) is 0 Å². The third-order valence-corrected chi connectivity index (χ3v) is 7.04. The molecule has 3 aromatic carbocycles.